The van der Waals surface area contributed by atoms with E-state index < -0.39 is 0 Å². The summed E-state index contributed by atoms with van der Waals surface area (Å²) in [6.45, 7) is 1.06. The Morgan fingerprint density at radius 1 is 1.10 bits per heavy atom. The number of hydrogen-bond donors (Lipinski definition) is 2. The van der Waals surface area contributed by atoms with Crippen molar-refractivity contribution in [3.8, 4) is 22.7 Å². The molecule has 29 heavy (non-hydrogen) atoms. The van der Waals surface area contributed by atoms with Crippen molar-refractivity contribution in [3.05, 3.63) is 48.9 Å². The van der Waals surface area contributed by atoms with Gasteiger partial charge in [0.1, 0.15) is 5.75 Å². The largest absolute Gasteiger partial charge is 0.507 e. The summed E-state index contributed by atoms with van der Waals surface area (Å²) in [5, 5.41) is 32.0. The molecule has 0 unspecified atom stereocenters. The van der Waals surface area contributed by atoms with Crippen LogP contribution in [0.3, 0.4) is 0 Å². The fourth-order valence-corrected chi connectivity index (χ4v) is 4.50. The molecule has 1 aliphatic heterocycles. The van der Waals surface area contributed by atoms with Crippen LogP contribution in [0.1, 0.15) is 31.7 Å². The van der Waals surface area contributed by atoms with E-state index in [1.807, 2.05) is 18.2 Å². The van der Waals surface area contributed by atoms with Gasteiger partial charge in [-0.3, -0.25) is 0 Å². The lowest BCUT2D eigenvalue weighted by atomic mass is 9.97. The highest BCUT2D eigenvalue weighted by atomic mass is 16.3. The summed E-state index contributed by atoms with van der Waals surface area (Å²) >= 11 is 0. The number of benzene rings is 1. The van der Waals surface area contributed by atoms with Gasteiger partial charge in [0.05, 0.1) is 23.8 Å². The number of fused-ring (bicyclic) bond motifs is 1. The average Bonchev–Trinajstić information content (AvgIpc) is 3.15. The van der Waals surface area contributed by atoms with Gasteiger partial charge in [-0.15, -0.1) is 15.3 Å². The smallest absolute Gasteiger partial charge is 0.162 e. The Morgan fingerprint density at radius 3 is 2.83 bits per heavy atom. The molecule has 1 aliphatic carbocycles. The molecular formula is C21H21N7O. The van der Waals surface area contributed by atoms with Crippen molar-refractivity contribution in [1.82, 2.24) is 35.1 Å². The van der Waals surface area contributed by atoms with Crippen LogP contribution in [0.4, 0.5) is 0 Å². The van der Waals surface area contributed by atoms with E-state index in [0.29, 0.717) is 22.8 Å². The Morgan fingerprint density at radius 2 is 2.03 bits per heavy atom. The van der Waals surface area contributed by atoms with Crippen LogP contribution >= 0.6 is 0 Å². The number of aromatic nitrogens is 6. The molecule has 4 heterocycles. The minimum Gasteiger partial charge on any atom is -0.507 e. The van der Waals surface area contributed by atoms with E-state index in [-0.39, 0.29) is 5.75 Å². The summed E-state index contributed by atoms with van der Waals surface area (Å²) in [5.74, 6) is 0.139. The summed E-state index contributed by atoms with van der Waals surface area (Å²) in [5.41, 5.74) is 3.32. The molecule has 6 rings (SSSR count). The third kappa shape index (κ3) is 2.79. The first kappa shape index (κ1) is 16.7. The molecule has 2 aliphatic rings. The standard InChI is InChI=1S/C21H21N7O/c29-19-12-15(28-10-8-23-26-28)1-2-17(19)18-11-14-4-9-27(20(14)25-24-18)16-3-7-22-21(13-16)5-6-21/h1-2,4,8-12,16,22,29H,3,5-7,13H2/t16-/m1/s1. The van der Waals surface area contributed by atoms with Gasteiger partial charge in [0.25, 0.3) is 0 Å². The van der Waals surface area contributed by atoms with Crippen LogP contribution in [0, 0.1) is 0 Å². The fraction of sp³-hybridized carbons (Fsp3) is 0.333. The highest BCUT2D eigenvalue weighted by Crippen LogP contribution is 2.46. The molecule has 8 nitrogen and oxygen atoms in total. The van der Waals surface area contributed by atoms with Crippen LogP contribution < -0.4 is 5.32 Å². The Balaban J connectivity index is 1.34. The maximum Gasteiger partial charge on any atom is 0.162 e. The molecule has 1 saturated carbocycles. The molecular weight excluding hydrogens is 366 g/mol. The molecule has 1 aromatic carbocycles. The first-order chi connectivity index (χ1) is 14.2. The monoisotopic (exact) mass is 387 g/mol. The normalized spacial score (nSPS) is 20.3. The maximum absolute atomic E-state index is 10.5. The molecule has 2 fully saturated rings. The minimum atomic E-state index is 0.139. The first-order valence-electron chi connectivity index (χ1n) is 10.0. The molecule has 0 amide bonds. The SMILES string of the molecule is Oc1cc(-n2ccnn2)ccc1-c1cc2ccn([C@@H]3CCNC4(CC4)C3)c2nn1. The second-order valence-corrected chi connectivity index (χ2v) is 8.13. The number of nitrogens with one attached hydrogen (secondary N) is 1. The van der Waals surface area contributed by atoms with Gasteiger partial charge >= 0.3 is 0 Å². The van der Waals surface area contributed by atoms with E-state index in [4.69, 9.17) is 0 Å². The lowest BCUT2D eigenvalue weighted by Gasteiger charge is -2.31. The zero-order chi connectivity index (χ0) is 19.4. The number of aromatic hydroxyl groups is 1. The van der Waals surface area contributed by atoms with E-state index >= 15 is 0 Å². The fourth-order valence-electron chi connectivity index (χ4n) is 4.50. The summed E-state index contributed by atoms with van der Waals surface area (Å²) in [6, 6.07) is 9.93. The Labute approximate surface area is 167 Å². The van der Waals surface area contributed by atoms with E-state index in [9.17, 15) is 5.11 Å². The summed E-state index contributed by atoms with van der Waals surface area (Å²) < 4.78 is 3.88. The van der Waals surface area contributed by atoms with Crippen LogP contribution in [-0.4, -0.2) is 46.9 Å². The van der Waals surface area contributed by atoms with Gasteiger partial charge in [-0.25, -0.2) is 4.68 Å². The number of hydrogen-bond acceptors (Lipinski definition) is 6. The van der Waals surface area contributed by atoms with Crippen molar-refractivity contribution in [2.45, 2.75) is 37.3 Å². The second kappa shape index (κ2) is 6.12. The van der Waals surface area contributed by atoms with Crippen LogP contribution in [0.25, 0.3) is 28.0 Å². The minimum absolute atomic E-state index is 0.139. The Bertz CT molecular complexity index is 1190. The van der Waals surface area contributed by atoms with Crippen molar-refractivity contribution in [2.24, 2.45) is 0 Å². The molecule has 0 bridgehead atoms. The van der Waals surface area contributed by atoms with Crippen LogP contribution in [-0.2, 0) is 0 Å². The molecule has 2 N–H and O–H groups in total. The van der Waals surface area contributed by atoms with Crippen molar-refractivity contribution in [3.63, 3.8) is 0 Å². The van der Waals surface area contributed by atoms with Crippen molar-refractivity contribution in [1.29, 1.82) is 0 Å². The van der Waals surface area contributed by atoms with Crippen LogP contribution in [0.5, 0.6) is 5.75 Å². The van der Waals surface area contributed by atoms with Crippen LogP contribution in [0.15, 0.2) is 48.9 Å². The Kier molecular flexibility index (Phi) is 3.52. The number of rotatable bonds is 3. The topological polar surface area (TPSA) is 93.7 Å². The summed E-state index contributed by atoms with van der Waals surface area (Å²) in [7, 11) is 0. The van der Waals surface area contributed by atoms with Crippen molar-refractivity contribution < 1.29 is 5.11 Å². The molecule has 3 aromatic heterocycles. The van der Waals surface area contributed by atoms with Gasteiger partial charge in [0.2, 0.25) is 0 Å². The zero-order valence-corrected chi connectivity index (χ0v) is 15.9. The molecule has 4 aromatic rings. The summed E-state index contributed by atoms with van der Waals surface area (Å²) in [6.07, 6.45) is 10.3. The van der Waals surface area contributed by atoms with Crippen LogP contribution in [0.2, 0.25) is 0 Å². The predicted molar refractivity (Wildman–Crippen MR) is 108 cm³/mol. The third-order valence-electron chi connectivity index (χ3n) is 6.26. The zero-order valence-electron chi connectivity index (χ0n) is 15.9. The quantitative estimate of drug-likeness (QED) is 0.561. The maximum atomic E-state index is 10.5. The molecule has 8 heteroatoms. The van der Waals surface area contributed by atoms with Gasteiger partial charge in [0, 0.05) is 34.8 Å². The van der Waals surface area contributed by atoms with Gasteiger partial charge in [0.15, 0.2) is 5.65 Å². The highest BCUT2D eigenvalue weighted by molar-refractivity contribution is 5.81. The third-order valence-corrected chi connectivity index (χ3v) is 6.26. The average molecular weight is 387 g/mol. The predicted octanol–water partition coefficient (Wildman–Crippen LogP) is 2.84. The molecule has 1 saturated heterocycles. The molecule has 0 radical (unpaired) electrons. The van der Waals surface area contributed by atoms with Gasteiger partial charge in [-0.1, -0.05) is 5.21 Å². The first-order valence-corrected chi connectivity index (χ1v) is 10.0. The highest BCUT2D eigenvalue weighted by Gasteiger charge is 2.46. The lowest BCUT2D eigenvalue weighted by molar-refractivity contribution is 0.290. The van der Waals surface area contributed by atoms with Gasteiger partial charge < -0.3 is 15.0 Å². The van der Waals surface area contributed by atoms with E-state index in [1.165, 1.54) is 12.8 Å². The molecule has 146 valence electrons. The van der Waals surface area contributed by atoms with Crippen molar-refractivity contribution >= 4 is 11.0 Å². The number of phenolic OH excluding ortho intramolecular Hbond substituents is 1. The number of nitrogens with zero attached hydrogens (tertiary/aromatic N) is 6. The molecule has 1 spiro atoms. The Hall–Kier alpha value is -3.26. The van der Waals surface area contributed by atoms with E-state index in [2.05, 4.69) is 42.7 Å². The van der Waals surface area contributed by atoms with E-state index in [1.54, 1.807) is 23.1 Å². The van der Waals surface area contributed by atoms with Crippen molar-refractivity contribution in [2.75, 3.05) is 6.54 Å². The second-order valence-electron chi connectivity index (χ2n) is 8.13. The van der Waals surface area contributed by atoms with E-state index in [0.717, 1.165) is 36.1 Å². The lowest BCUT2D eigenvalue weighted by Crippen LogP contribution is -2.40. The molecule has 1 atom stereocenters. The summed E-state index contributed by atoms with van der Waals surface area (Å²) in [4.78, 5) is 0. The number of phenols is 1. The van der Waals surface area contributed by atoms with Gasteiger partial charge in [-0.05, 0) is 56.5 Å². The number of piperidine rings is 1. The van der Waals surface area contributed by atoms with Gasteiger partial charge in [-0.2, -0.15) is 0 Å².